The summed E-state index contributed by atoms with van der Waals surface area (Å²) in [4.78, 5) is 21.4. The first-order valence-corrected chi connectivity index (χ1v) is 11.2. The zero-order chi connectivity index (χ0) is 24.1. The molecule has 0 aliphatic rings. The Bertz CT molecular complexity index is 1280. The minimum atomic E-state index is -0.541. The lowest BCUT2D eigenvalue weighted by Crippen LogP contribution is -2.08. The molecule has 3 heterocycles. The Morgan fingerprint density at radius 1 is 1.06 bits per heavy atom. The van der Waals surface area contributed by atoms with Crippen LogP contribution in [-0.4, -0.2) is 40.5 Å². The highest BCUT2D eigenvalue weighted by Crippen LogP contribution is 2.31. The summed E-state index contributed by atoms with van der Waals surface area (Å²) in [6.07, 6.45) is 1.62. The number of thioether (sulfide) groups is 1. The Kier molecular flexibility index (Phi) is 7.12. The predicted octanol–water partition coefficient (Wildman–Crippen LogP) is 4.40. The van der Waals surface area contributed by atoms with Crippen LogP contribution in [0, 0.1) is 13.8 Å². The molecule has 0 spiro atoms. The molecule has 0 fully saturated rings. The Morgan fingerprint density at radius 2 is 1.88 bits per heavy atom. The average molecular weight is 483 g/mol. The van der Waals surface area contributed by atoms with Crippen LogP contribution in [0.1, 0.15) is 33.3 Å². The van der Waals surface area contributed by atoms with Gasteiger partial charge in [0.05, 0.1) is 25.5 Å². The molecule has 0 radical (unpaired) electrons. The molecule has 34 heavy (non-hydrogen) atoms. The molecule has 0 saturated heterocycles. The minimum absolute atomic E-state index is 0.159. The van der Waals surface area contributed by atoms with E-state index >= 15 is 0 Å². The summed E-state index contributed by atoms with van der Waals surface area (Å²) >= 11 is 1.41. The van der Waals surface area contributed by atoms with Crippen LogP contribution in [0.4, 0.5) is 0 Å². The minimum Gasteiger partial charge on any atom is -0.493 e. The van der Waals surface area contributed by atoms with Crippen molar-refractivity contribution in [2.75, 3.05) is 14.2 Å². The molecule has 0 N–H and O–H groups in total. The van der Waals surface area contributed by atoms with Gasteiger partial charge in [-0.05, 0) is 44.2 Å². The number of esters is 1. The number of carbonyl (C=O) groups excluding carboxylic acids is 1. The molecule has 0 amide bonds. The first kappa shape index (κ1) is 23.3. The molecule has 4 aromatic rings. The fraction of sp³-hybridized carbons (Fsp3) is 0.261. The van der Waals surface area contributed by atoms with E-state index in [9.17, 15) is 4.79 Å². The molecule has 10 nitrogen and oxygen atoms in total. The van der Waals surface area contributed by atoms with Crippen molar-refractivity contribution < 1.29 is 28.1 Å². The van der Waals surface area contributed by atoms with E-state index in [0.29, 0.717) is 39.2 Å². The Labute approximate surface area is 199 Å². The molecule has 0 unspecified atom stereocenters. The van der Waals surface area contributed by atoms with Crippen molar-refractivity contribution in [3.8, 4) is 22.9 Å². The quantitative estimate of drug-likeness (QED) is 0.249. The Hall–Kier alpha value is -3.86. The number of hydrogen-bond donors (Lipinski definition) is 0. The summed E-state index contributed by atoms with van der Waals surface area (Å²) in [5.74, 6) is 2.39. The molecule has 176 valence electrons. The van der Waals surface area contributed by atoms with Crippen LogP contribution in [-0.2, 0) is 17.1 Å². The first-order chi connectivity index (χ1) is 16.5. The molecule has 1 aromatic carbocycles. The van der Waals surface area contributed by atoms with Crippen LogP contribution >= 0.6 is 11.8 Å². The van der Waals surface area contributed by atoms with Gasteiger partial charge in [-0.1, -0.05) is 10.3 Å². The third-order valence-corrected chi connectivity index (χ3v) is 5.99. The fourth-order valence-corrected chi connectivity index (χ4v) is 4.26. The van der Waals surface area contributed by atoms with E-state index in [2.05, 4.69) is 20.3 Å². The third-order valence-electron chi connectivity index (χ3n) is 4.96. The largest absolute Gasteiger partial charge is 0.493 e. The van der Waals surface area contributed by atoms with E-state index in [-0.39, 0.29) is 12.5 Å². The van der Waals surface area contributed by atoms with Gasteiger partial charge in [0, 0.05) is 23.1 Å². The van der Waals surface area contributed by atoms with E-state index in [1.54, 1.807) is 50.7 Å². The number of aromatic nitrogens is 4. The van der Waals surface area contributed by atoms with Gasteiger partial charge in [-0.25, -0.2) is 9.78 Å². The molecular formula is C23H22N4O6S. The summed E-state index contributed by atoms with van der Waals surface area (Å²) in [6.45, 7) is 3.55. The number of ether oxygens (including phenoxy) is 3. The number of pyridine rings is 1. The molecule has 4 rings (SSSR count). The maximum atomic E-state index is 12.7. The van der Waals surface area contributed by atoms with Crippen LogP contribution in [0.15, 0.2) is 50.6 Å². The molecule has 11 heteroatoms. The number of hydrogen-bond acceptors (Lipinski definition) is 11. The first-order valence-electron chi connectivity index (χ1n) is 10.2. The van der Waals surface area contributed by atoms with Crippen molar-refractivity contribution in [2.45, 2.75) is 31.2 Å². The zero-order valence-electron chi connectivity index (χ0n) is 19.0. The van der Waals surface area contributed by atoms with Gasteiger partial charge in [0.2, 0.25) is 5.82 Å². The molecule has 0 aliphatic carbocycles. The van der Waals surface area contributed by atoms with Crippen molar-refractivity contribution in [1.29, 1.82) is 0 Å². The second-order valence-electron chi connectivity index (χ2n) is 7.11. The van der Waals surface area contributed by atoms with E-state index in [1.165, 1.54) is 11.8 Å². The van der Waals surface area contributed by atoms with Gasteiger partial charge >= 0.3 is 5.97 Å². The van der Waals surface area contributed by atoms with Gasteiger partial charge < -0.3 is 23.3 Å². The maximum absolute atomic E-state index is 12.7. The van der Waals surface area contributed by atoms with Gasteiger partial charge in [-0.2, -0.15) is 4.98 Å². The van der Waals surface area contributed by atoms with Gasteiger partial charge in [0.1, 0.15) is 10.8 Å². The summed E-state index contributed by atoms with van der Waals surface area (Å²) in [5, 5.41) is 8.45. The van der Waals surface area contributed by atoms with E-state index in [0.717, 1.165) is 17.0 Å². The van der Waals surface area contributed by atoms with Crippen LogP contribution in [0.25, 0.3) is 11.4 Å². The second-order valence-corrected chi connectivity index (χ2v) is 8.07. The molecule has 0 atom stereocenters. The fourth-order valence-electron chi connectivity index (χ4n) is 3.12. The standard InChI is InChI=1S/C23H22N4O6S/c1-13-17(14(2)32-26-13)12-34-22-16(6-5-9-24-22)23(28)31-11-20-25-21(27-33-20)15-7-8-18(29-3)19(10-15)30-4/h5-10H,11-12H2,1-4H3. The summed E-state index contributed by atoms with van der Waals surface area (Å²) in [5.41, 5.74) is 2.80. The normalized spacial score (nSPS) is 10.8. The highest BCUT2D eigenvalue weighted by Gasteiger charge is 2.18. The summed E-state index contributed by atoms with van der Waals surface area (Å²) in [7, 11) is 3.10. The number of nitrogens with zero attached hydrogens (tertiary/aromatic N) is 4. The lowest BCUT2D eigenvalue weighted by atomic mass is 10.2. The average Bonchev–Trinajstić information content (AvgIpc) is 3.47. The highest BCUT2D eigenvalue weighted by molar-refractivity contribution is 7.98. The monoisotopic (exact) mass is 482 g/mol. The molecular weight excluding hydrogens is 460 g/mol. The van der Waals surface area contributed by atoms with Crippen LogP contribution in [0.5, 0.6) is 11.5 Å². The summed E-state index contributed by atoms with van der Waals surface area (Å²) < 4.78 is 26.4. The number of aryl methyl sites for hydroxylation is 2. The van der Waals surface area contributed by atoms with Crippen LogP contribution in [0.2, 0.25) is 0 Å². The lowest BCUT2D eigenvalue weighted by Gasteiger charge is -2.07. The van der Waals surface area contributed by atoms with Crippen molar-refractivity contribution in [3.63, 3.8) is 0 Å². The maximum Gasteiger partial charge on any atom is 0.341 e. The van der Waals surface area contributed by atoms with E-state index in [1.807, 2.05) is 13.8 Å². The van der Waals surface area contributed by atoms with Gasteiger partial charge in [-0.15, -0.1) is 11.8 Å². The SMILES string of the molecule is COc1ccc(-c2noc(COC(=O)c3cccnc3SCc3c(C)noc3C)n2)cc1OC. The molecule has 3 aromatic heterocycles. The van der Waals surface area contributed by atoms with Gasteiger partial charge in [0.15, 0.2) is 18.1 Å². The van der Waals surface area contributed by atoms with Gasteiger partial charge in [-0.3, -0.25) is 0 Å². The second kappa shape index (κ2) is 10.4. The lowest BCUT2D eigenvalue weighted by molar-refractivity contribution is 0.0424. The van der Waals surface area contributed by atoms with Crippen molar-refractivity contribution in [1.82, 2.24) is 20.3 Å². The van der Waals surface area contributed by atoms with E-state index < -0.39 is 5.97 Å². The van der Waals surface area contributed by atoms with Crippen LogP contribution in [0.3, 0.4) is 0 Å². The number of rotatable bonds is 9. The third kappa shape index (κ3) is 5.04. The van der Waals surface area contributed by atoms with Gasteiger partial charge in [0.25, 0.3) is 5.89 Å². The van der Waals surface area contributed by atoms with Crippen molar-refractivity contribution in [2.24, 2.45) is 0 Å². The number of benzene rings is 1. The van der Waals surface area contributed by atoms with Crippen LogP contribution < -0.4 is 9.47 Å². The Balaban J connectivity index is 1.42. The topological polar surface area (TPSA) is 123 Å². The van der Waals surface area contributed by atoms with E-state index in [4.69, 9.17) is 23.3 Å². The number of carbonyl (C=O) groups is 1. The highest BCUT2D eigenvalue weighted by atomic mass is 32.2. The number of methoxy groups -OCH3 is 2. The molecule has 0 bridgehead atoms. The molecule has 0 saturated carbocycles. The summed E-state index contributed by atoms with van der Waals surface area (Å²) in [6, 6.07) is 8.60. The van der Waals surface area contributed by atoms with Crippen molar-refractivity contribution in [3.05, 3.63) is 65.0 Å². The van der Waals surface area contributed by atoms with Crippen molar-refractivity contribution >= 4 is 17.7 Å². The molecule has 0 aliphatic heterocycles. The predicted molar refractivity (Wildman–Crippen MR) is 122 cm³/mol. The zero-order valence-corrected chi connectivity index (χ0v) is 19.8. The smallest absolute Gasteiger partial charge is 0.341 e. The Morgan fingerprint density at radius 3 is 2.62 bits per heavy atom.